The van der Waals surface area contributed by atoms with Crippen molar-refractivity contribution in [1.82, 2.24) is 4.98 Å². The van der Waals surface area contributed by atoms with Gasteiger partial charge in [-0.1, -0.05) is 18.2 Å². The topological polar surface area (TPSA) is 42.4 Å². The molecule has 1 saturated carbocycles. The molecular weight excluding hydrogens is 258 g/mol. The third kappa shape index (κ3) is 3.14. The monoisotopic (exact) mass is 275 g/mol. The van der Waals surface area contributed by atoms with Gasteiger partial charge < -0.3 is 9.84 Å². The number of aromatic nitrogens is 1. The highest BCUT2D eigenvalue weighted by Crippen LogP contribution is 2.42. The molecule has 1 N–H and O–H groups in total. The Hall–Kier alpha value is -1.39. The molecule has 0 bridgehead atoms. The van der Waals surface area contributed by atoms with Gasteiger partial charge >= 0.3 is 0 Å². The first-order valence-electron chi connectivity index (χ1n) is 6.64. The highest BCUT2D eigenvalue weighted by atomic mass is 32.1. The van der Waals surface area contributed by atoms with Crippen LogP contribution in [0.2, 0.25) is 0 Å². The molecule has 0 spiro atoms. The minimum atomic E-state index is 0.114. The van der Waals surface area contributed by atoms with E-state index in [1.54, 1.807) is 11.3 Å². The van der Waals surface area contributed by atoms with E-state index in [9.17, 15) is 5.11 Å². The number of para-hydroxylation sites is 1. The Kier molecular flexibility index (Phi) is 3.80. The van der Waals surface area contributed by atoms with E-state index >= 15 is 0 Å². The predicted molar refractivity (Wildman–Crippen MR) is 75.7 cm³/mol. The van der Waals surface area contributed by atoms with Crippen molar-refractivity contribution in [3.8, 4) is 5.75 Å². The van der Waals surface area contributed by atoms with Crippen LogP contribution in [0.1, 0.15) is 34.3 Å². The van der Waals surface area contributed by atoms with Crippen molar-refractivity contribution >= 4 is 11.3 Å². The van der Waals surface area contributed by atoms with Gasteiger partial charge in [-0.2, -0.15) is 0 Å². The summed E-state index contributed by atoms with van der Waals surface area (Å²) in [5, 5.41) is 10.4. The van der Waals surface area contributed by atoms with Crippen molar-refractivity contribution in [3.63, 3.8) is 0 Å². The van der Waals surface area contributed by atoms with Crippen molar-refractivity contribution < 1.29 is 9.84 Å². The van der Waals surface area contributed by atoms with Gasteiger partial charge in [-0.3, -0.25) is 0 Å². The quantitative estimate of drug-likeness (QED) is 0.880. The molecule has 0 amide bonds. The molecule has 0 saturated heterocycles. The van der Waals surface area contributed by atoms with Crippen LogP contribution in [-0.4, -0.2) is 16.7 Å². The summed E-state index contributed by atoms with van der Waals surface area (Å²) in [6.45, 7) is 0.746. The van der Waals surface area contributed by atoms with E-state index < -0.39 is 0 Å². The van der Waals surface area contributed by atoms with E-state index in [1.807, 2.05) is 30.3 Å². The second-order valence-corrected chi connectivity index (χ2v) is 5.93. The molecule has 1 heterocycles. The standard InChI is InChI=1S/C15H17NO2S/c17-10-13-15(11-6-7-11)16-14(19-13)8-9-18-12-4-2-1-3-5-12/h1-5,11,17H,6-10H2. The summed E-state index contributed by atoms with van der Waals surface area (Å²) in [5.74, 6) is 1.49. The van der Waals surface area contributed by atoms with Gasteiger partial charge in [0.15, 0.2) is 0 Å². The van der Waals surface area contributed by atoms with Crippen molar-refractivity contribution in [3.05, 3.63) is 45.9 Å². The van der Waals surface area contributed by atoms with Gasteiger partial charge in [-0.05, 0) is 25.0 Å². The van der Waals surface area contributed by atoms with E-state index in [0.717, 1.165) is 27.7 Å². The Morgan fingerprint density at radius 3 is 2.74 bits per heavy atom. The van der Waals surface area contributed by atoms with Crippen LogP contribution in [0.4, 0.5) is 0 Å². The van der Waals surface area contributed by atoms with Gasteiger partial charge in [0.05, 0.1) is 28.8 Å². The lowest BCUT2D eigenvalue weighted by Gasteiger charge is -2.03. The van der Waals surface area contributed by atoms with Gasteiger partial charge in [-0.25, -0.2) is 4.98 Å². The minimum absolute atomic E-state index is 0.114. The molecule has 1 fully saturated rings. The van der Waals surface area contributed by atoms with Crippen molar-refractivity contribution in [2.24, 2.45) is 0 Å². The van der Waals surface area contributed by atoms with E-state index in [2.05, 4.69) is 4.98 Å². The maximum Gasteiger partial charge on any atom is 0.119 e. The van der Waals surface area contributed by atoms with Gasteiger partial charge in [0.25, 0.3) is 0 Å². The van der Waals surface area contributed by atoms with Crippen molar-refractivity contribution in [1.29, 1.82) is 0 Å². The molecule has 3 nitrogen and oxygen atoms in total. The summed E-state index contributed by atoms with van der Waals surface area (Å²) < 4.78 is 5.67. The number of rotatable bonds is 6. The molecule has 1 aliphatic carbocycles. The van der Waals surface area contributed by atoms with E-state index in [1.165, 1.54) is 12.8 Å². The number of hydrogen-bond acceptors (Lipinski definition) is 4. The molecule has 2 aromatic rings. The highest BCUT2D eigenvalue weighted by Gasteiger charge is 2.29. The van der Waals surface area contributed by atoms with Gasteiger partial charge in [0.2, 0.25) is 0 Å². The summed E-state index contributed by atoms with van der Waals surface area (Å²) in [5.41, 5.74) is 1.13. The fourth-order valence-corrected chi connectivity index (χ4v) is 3.08. The number of nitrogens with zero attached hydrogens (tertiary/aromatic N) is 1. The molecule has 1 aliphatic rings. The lowest BCUT2D eigenvalue weighted by atomic mass is 10.2. The smallest absolute Gasteiger partial charge is 0.119 e. The fourth-order valence-electron chi connectivity index (χ4n) is 2.08. The zero-order valence-corrected chi connectivity index (χ0v) is 11.5. The zero-order chi connectivity index (χ0) is 13.1. The van der Waals surface area contributed by atoms with E-state index in [0.29, 0.717) is 12.5 Å². The summed E-state index contributed by atoms with van der Waals surface area (Å²) in [4.78, 5) is 5.69. The fraction of sp³-hybridized carbons (Fsp3) is 0.400. The number of aliphatic hydroxyl groups is 1. The zero-order valence-electron chi connectivity index (χ0n) is 10.7. The summed E-state index contributed by atoms with van der Waals surface area (Å²) >= 11 is 1.62. The van der Waals surface area contributed by atoms with Gasteiger partial charge in [0.1, 0.15) is 5.75 Å². The van der Waals surface area contributed by atoms with Crippen molar-refractivity contribution in [2.45, 2.75) is 31.8 Å². The summed E-state index contributed by atoms with van der Waals surface area (Å²) in [7, 11) is 0. The van der Waals surface area contributed by atoms with Crippen LogP contribution >= 0.6 is 11.3 Å². The number of benzene rings is 1. The Labute approximate surface area is 116 Å². The lowest BCUT2D eigenvalue weighted by molar-refractivity contribution is 0.284. The minimum Gasteiger partial charge on any atom is -0.493 e. The second kappa shape index (κ2) is 5.72. The average Bonchev–Trinajstić information content (AvgIpc) is 3.21. The van der Waals surface area contributed by atoms with Crippen molar-refractivity contribution in [2.75, 3.05) is 6.61 Å². The first kappa shape index (κ1) is 12.6. The summed E-state index contributed by atoms with van der Waals surface area (Å²) in [6.07, 6.45) is 3.24. The molecule has 3 rings (SSSR count). The first-order valence-corrected chi connectivity index (χ1v) is 7.45. The third-order valence-electron chi connectivity index (χ3n) is 3.21. The molecular formula is C15H17NO2S. The van der Waals surface area contributed by atoms with E-state index in [4.69, 9.17) is 4.74 Å². The van der Waals surface area contributed by atoms with Gasteiger partial charge in [0, 0.05) is 12.3 Å². The Bertz CT molecular complexity index is 534. The highest BCUT2D eigenvalue weighted by molar-refractivity contribution is 7.11. The van der Waals surface area contributed by atoms with Crippen LogP contribution < -0.4 is 4.74 Å². The van der Waals surface area contributed by atoms with Crippen LogP contribution in [0.25, 0.3) is 0 Å². The summed E-state index contributed by atoms with van der Waals surface area (Å²) in [6, 6.07) is 9.82. The molecule has 100 valence electrons. The Morgan fingerprint density at radius 1 is 1.26 bits per heavy atom. The molecule has 1 aromatic carbocycles. The van der Waals surface area contributed by atoms with Crippen LogP contribution in [0.15, 0.2) is 30.3 Å². The predicted octanol–water partition coefficient (Wildman–Crippen LogP) is 3.13. The molecule has 4 heteroatoms. The van der Waals surface area contributed by atoms with Crippen LogP contribution in [0.3, 0.4) is 0 Å². The largest absolute Gasteiger partial charge is 0.493 e. The molecule has 0 aliphatic heterocycles. The molecule has 1 aromatic heterocycles. The molecule has 0 unspecified atom stereocenters. The van der Waals surface area contributed by atoms with E-state index in [-0.39, 0.29) is 6.61 Å². The Balaban J connectivity index is 1.58. The van der Waals surface area contributed by atoms with Crippen LogP contribution in [0.5, 0.6) is 5.75 Å². The maximum absolute atomic E-state index is 9.35. The second-order valence-electron chi connectivity index (χ2n) is 4.76. The lowest BCUT2D eigenvalue weighted by Crippen LogP contribution is -2.01. The normalized spacial score (nSPS) is 14.6. The van der Waals surface area contributed by atoms with Crippen LogP contribution in [0, 0.1) is 0 Å². The number of thiazole rings is 1. The molecule has 19 heavy (non-hydrogen) atoms. The van der Waals surface area contributed by atoms with Gasteiger partial charge in [-0.15, -0.1) is 11.3 Å². The molecule has 0 radical (unpaired) electrons. The Morgan fingerprint density at radius 2 is 2.05 bits per heavy atom. The third-order valence-corrected chi connectivity index (χ3v) is 4.32. The maximum atomic E-state index is 9.35. The first-order chi connectivity index (χ1) is 9.36. The average molecular weight is 275 g/mol. The van der Waals surface area contributed by atoms with Crippen LogP contribution in [-0.2, 0) is 13.0 Å². The number of hydrogen-bond donors (Lipinski definition) is 1. The number of ether oxygens (including phenoxy) is 1. The SMILES string of the molecule is OCc1sc(CCOc2ccccc2)nc1C1CC1. The molecule has 0 atom stereocenters. The number of aliphatic hydroxyl groups excluding tert-OH is 1.